The van der Waals surface area contributed by atoms with Crippen LogP contribution >= 0.6 is 0 Å². The molecule has 0 radical (unpaired) electrons. The number of benzene rings is 1. The molecule has 2 rings (SSSR count). The van der Waals surface area contributed by atoms with Gasteiger partial charge in [0.1, 0.15) is 11.6 Å². The van der Waals surface area contributed by atoms with Crippen molar-refractivity contribution in [3.05, 3.63) is 42.0 Å². The SMILES string of the molecule is CCCn1cc(Oc2ccc(F)cc2CC(C)N)cn1. The molecule has 20 heavy (non-hydrogen) atoms. The molecule has 1 aromatic carbocycles. The van der Waals surface area contributed by atoms with E-state index in [1.54, 1.807) is 12.3 Å². The number of aromatic nitrogens is 2. The van der Waals surface area contributed by atoms with Crippen LogP contribution in [0.5, 0.6) is 11.5 Å². The monoisotopic (exact) mass is 277 g/mol. The Balaban J connectivity index is 2.18. The molecule has 2 aromatic rings. The second kappa shape index (κ2) is 6.52. The molecule has 0 fully saturated rings. The van der Waals surface area contributed by atoms with Gasteiger partial charge in [0.25, 0.3) is 0 Å². The average molecular weight is 277 g/mol. The molecule has 4 nitrogen and oxygen atoms in total. The van der Waals surface area contributed by atoms with Crippen molar-refractivity contribution in [2.45, 2.75) is 39.3 Å². The Labute approximate surface area is 118 Å². The summed E-state index contributed by atoms with van der Waals surface area (Å²) in [5.74, 6) is 0.991. The fraction of sp³-hybridized carbons (Fsp3) is 0.400. The first-order chi connectivity index (χ1) is 9.58. The highest BCUT2D eigenvalue weighted by atomic mass is 19.1. The van der Waals surface area contributed by atoms with E-state index < -0.39 is 0 Å². The summed E-state index contributed by atoms with van der Waals surface area (Å²) in [6.07, 6.45) is 5.07. The van der Waals surface area contributed by atoms with E-state index in [0.717, 1.165) is 18.5 Å². The van der Waals surface area contributed by atoms with Crippen molar-refractivity contribution < 1.29 is 9.13 Å². The summed E-state index contributed by atoms with van der Waals surface area (Å²) in [6, 6.07) is 4.43. The van der Waals surface area contributed by atoms with Crippen LogP contribution in [0.2, 0.25) is 0 Å². The lowest BCUT2D eigenvalue weighted by Crippen LogP contribution is -2.18. The van der Waals surface area contributed by atoms with Crippen molar-refractivity contribution >= 4 is 0 Å². The molecule has 0 aliphatic carbocycles. The summed E-state index contributed by atoms with van der Waals surface area (Å²) in [6.45, 7) is 4.82. The van der Waals surface area contributed by atoms with E-state index in [2.05, 4.69) is 12.0 Å². The minimum Gasteiger partial charge on any atom is -0.454 e. The van der Waals surface area contributed by atoms with Crippen molar-refractivity contribution in [3.8, 4) is 11.5 Å². The second-order valence-electron chi connectivity index (χ2n) is 4.97. The number of hydrogen-bond donors (Lipinski definition) is 1. The van der Waals surface area contributed by atoms with Crippen LogP contribution in [0.15, 0.2) is 30.6 Å². The first-order valence-corrected chi connectivity index (χ1v) is 6.82. The van der Waals surface area contributed by atoms with E-state index in [1.165, 1.54) is 12.1 Å². The van der Waals surface area contributed by atoms with Gasteiger partial charge in [0.2, 0.25) is 0 Å². The van der Waals surface area contributed by atoms with Crippen LogP contribution in [0.3, 0.4) is 0 Å². The minimum atomic E-state index is -0.283. The van der Waals surface area contributed by atoms with E-state index in [4.69, 9.17) is 10.5 Å². The van der Waals surface area contributed by atoms with Crippen LogP contribution in [-0.4, -0.2) is 15.8 Å². The van der Waals surface area contributed by atoms with Gasteiger partial charge < -0.3 is 10.5 Å². The number of aryl methyl sites for hydroxylation is 1. The van der Waals surface area contributed by atoms with Gasteiger partial charge in [-0.2, -0.15) is 5.10 Å². The van der Waals surface area contributed by atoms with Crippen molar-refractivity contribution in [2.75, 3.05) is 0 Å². The van der Waals surface area contributed by atoms with Crippen molar-refractivity contribution in [3.63, 3.8) is 0 Å². The minimum absolute atomic E-state index is 0.0537. The van der Waals surface area contributed by atoms with Crippen LogP contribution < -0.4 is 10.5 Å². The summed E-state index contributed by atoms with van der Waals surface area (Å²) < 4.78 is 20.9. The highest BCUT2D eigenvalue weighted by Crippen LogP contribution is 2.26. The molecule has 1 atom stereocenters. The predicted octanol–water partition coefficient (Wildman–Crippen LogP) is 3.11. The molecule has 108 valence electrons. The lowest BCUT2D eigenvalue weighted by Gasteiger charge is -2.11. The quantitative estimate of drug-likeness (QED) is 0.882. The Morgan fingerprint density at radius 3 is 2.95 bits per heavy atom. The maximum atomic E-state index is 13.3. The maximum Gasteiger partial charge on any atom is 0.165 e. The van der Waals surface area contributed by atoms with Gasteiger partial charge in [-0.1, -0.05) is 6.92 Å². The molecule has 0 saturated carbocycles. The molecule has 1 heterocycles. The third-order valence-electron chi connectivity index (χ3n) is 2.85. The van der Waals surface area contributed by atoms with Gasteiger partial charge >= 0.3 is 0 Å². The Bertz CT molecular complexity index is 566. The van der Waals surface area contributed by atoms with Crippen LogP contribution in [0, 0.1) is 5.82 Å². The summed E-state index contributed by atoms with van der Waals surface area (Å²) >= 11 is 0. The number of hydrogen-bond acceptors (Lipinski definition) is 3. The van der Waals surface area contributed by atoms with E-state index in [0.29, 0.717) is 17.9 Å². The van der Waals surface area contributed by atoms with E-state index in [9.17, 15) is 4.39 Å². The number of nitrogens with two attached hydrogens (primary N) is 1. The summed E-state index contributed by atoms with van der Waals surface area (Å²) in [5, 5.41) is 4.20. The molecule has 0 bridgehead atoms. The zero-order valence-electron chi connectivity index (χ0n) is 11.8. The first kappa shape index (κ1) is 14.5. The van der Waals surface area contributed by atoms with E-state index in [-0.39, 0.29) is 11.9 Å². The van der Waals surface area contributed by atoms with Gasteiger partial charge in [0, 0.05) is 12.6 Å². The molecular weight excluding hydrogens is 257 g/mol. The Morgan fingerprint density at radius 1 is 1.45 bits per heavy atom. The van der Waals surface area contributed by atoms with Crippen molar-refractivity contribution in [1.82, 2.24) is 9.78 Å². The highest BCUT2D eigenvalue weighted by molar-refractivity contribution is 5.37. The third kappa shape index (κ3) is 3.81. The van der Waals surface area contributed by atoms with Crippen molar-refractivity contribution in [2.24, 2.45) is 5.73 Å². The predicted molar refractivity (Wildman–Crippen MR) is 76.3 cm³/mol. The Kier molecular flexibility index (Phi) is 4.74. The normalized spacial score (nSPS) is 12.4. The lowest BCUT2D eigenvalue weighted by atomic mass is 10.1. The topological polar surface area (TPSA) is 53.1 Å². The number of rotatable bonds is 6. The molecule has 1 aromatic heterocycles. The fourth-order valence-corrected chi connectivity index (χ4v) is 2.03. The van der Waals surface area contributed by atoms with Crippen LogP contribution in [0.1, 0.15) is 25.8 Å². The Hall–Kier alpha value is -1.88. The number of nitrogens with zero attached hydrogens (tertiary/aromatic N) is 2. The largest absolute Gasteiger partial charge is 0.454 e. The molecule has 2 N–H and O–H groups in total. The van der Waals surface area contributed by atoms with Gasteiger partial charge in [-0.15, -0.1) is 0 Å². The van der Waals surface area contributed by atoms with Gasteiger partial charge in [-0.05, 0) is 43.5 Å². The summed E-state index contributed by atoms with van der Waals surface area (Å²) in [7, 11) is 0. The number of ether oxygens (including phenoxy) is 1. The number of halogens is 1. The second-order valence-corrected chi connectivity index (χ2v) is 4.97. The first-order valence-electron chi connectivity index (χ1n) is 6.82. The zero-order valence-corrected chi connectivity index (χ0v) is 11.8. The summed E-state index contributed by atoms with van der Waals surface area (Å²) in [4.78, 5) is 0. The van der Waals surface area contributed by atoms with Crippen LogP contribution in [-0.2, 0) is 13.0 Å². The third-order valence-corrected chi connectivity index (χ3v) is 2.85. The van der Waals surface area contributed by atoms with Gasteiger partial charge in [-0.3, -0.25) is 4.68 Å². The molecular formula is C15H20FN3O. The van der Waals surface area contributed by atoms with Crippen LogP contribution in [0.25, 0.3) is 0 Å². The molecule has 0 aliphatic rings. The van der Waals surface area contributed by atoms with Crippen molar-refractivity contribution in [1.29, 1.82) is 0 Å². The molecule has 0 saturated heterocycles. The van der Waals surface area contributed by atoms with Gasteiger partial charge in [0.15, 0.2) is 5.75 Å². The van der Waals surface area contributed by atoms with Crippen LogP contribution in [0.4, 0.5) is 4.39 Å². The van der Waals surface area contributed by atoms with E-state index >= 15 is 0 Å². The Morgan fingerprint density at radius 2 is 2.25 bits per heavy atom. The molecule has 5 heteroatoms. The standard InChI is InChI=1S/C15H20FN3O/c1-3-6-19-10-14(9-18-19)20-15-5-4-13(16)8-12(15)7-11(2)17/h4-5,8-11H,3,6-7,17H2,1-2H3. The fourth-order valence-electron chi connectivity index (χ4n) is 2.03. The zero-order chi connectivity index (χ0) is 14.5. The molecule has 1 unspecified atom stereocenters. The lowest BCUT2D eigenvalue weighted by molar-refractivity contribution is 0.469. The summed E-state index contributed by atoms with van der Waals surface area (Å²) in [5.41, 5.74) is 6.55. The molecule has 0 amide bonds. The molecule has 0 aliphatic heterocycles. The highest BCUT2D eigenvalue weighted by Gasteiger charge is 2.10. The van der Waals surface area contributed by atoms with Gasteiger partial charge in [0.05, 0.1) is 12.4 Å². The molecule has 0 spiro atoms. The van der Waals surface area contributed by atoms with Gasteiger partial charge in [-0.25, -0.2) is 4.39 Å². The average Bonchev–Trinajstić information content (AvgIpc) is 2.80. The maximum absolute atomic E-state index is 13.3. The van der Waals surface area contributed by atoms with E-state index in [1.807, 2.05) is 17.8 Å². The smallest absolute Gasteiger partial charge is 0.165 e.